The molecule has 0 aliphatic heterocycles. The van der Waals surface area contributed by atoms with Crippen LogP contribution in [-0.2, 0) is 4.79 Å². The number of halogens is 2. The summed E-state index contributed by atoms with van der Waals surface area (Å²) >= 11 is 7.20. The van der Waals surface area contributed by atoms with Crippen LogP contribution in [0.5, 0.6) is 0 Å². The Morgan fingerprint density at radius 3 is 2.54 bits per heavy atom. The van der Waals surface area contributed by atoms with Crippen LogP contribution in [0.15, 0.2) is 17.1 Å². The van der Waals surface area contributed by atoms with Gasteiger partial charge in [0.05, 0.1) is 4.34 Å². The third-order valence-corrected chi connectivity index (χ3v) is 3.96. The van der Waals surface area contributed by atoms with E-state index in [0.29, 0.717) is 16.8 Å². The zero-order valence-electron chi connectivity index (χ0n) is 14.4. The molecule has 1 aromatic rings. The second-order valence-electron chi connectivity index (χ2n) is 6.03. The molecule has 1 atom stereocenters. The quantitative estimate of drug-likeness (QED) is 0.282. The molecule has 1 heterocycles. The summed E-state index contributed by atoms with van der Waals surface area (Å²) in [5.74, 6) is 0.332. The van der Waals surface area contributed by atoms with Crippen molar-refractivity contribution in [2.75, 3.05) is 19.6 Å². The predicted molar refractivity (Wildman–Crippen MR) is 112 cm³/mol. The number of aliphatic hydroxyl groups excluding tert-OH is 1. The Hall–Kier alpha value is -0.580. The van der Waals surface area contributed by atoms with Gasteiger partial charge in [-0.2, -0.15) is 0 Å². The van der Waals surface area contributed by atoms with E-state index >= 15 is 0 Å². The van der Waals surface area contributed by atoms with E-state index in [2.05, 4.69) is 20.9 Å². The SMILES string of the molecule is CCNC(=NCC(=O)NC(C)(C)C)NCC(O)c1ccc(Cl)s1.I. The van der Waals surface area contributed by atoms with Gasteiger partial charge in [-0.15, -0.1) is 35.3 Å². The van der Waals surface area contributed by atoms with Crippen molar-refractivity contribution in [2.45, 2.75) is 39.3 Å². The van der Waals surface area contributed by atoms with Gasteiger partial charge < -0.3 is 21.1 Å². The van der Waals surface area contributed by atoms with E-state index < -0.39 is 6.10 Å². The van der Waals surface area contributed by atoms with Crippen LogP contribution in [0.2, 0.25) is 4.34 Å². The van der Waals surface area contributed by atoms with Crippen LogP contribution in [0, 0.1) is 0 Å². The van der Waals surface area contributed by atoms with Crippen molar-refractivity contribution < 1.29 is 9.90 Å². The first-order valence-electron chi connectivity index (χ1n) is 7.47. The normalized spacial score (nSPS) is 13.0. The first kappa shape index (κ1) is 23.4. The van der Waals surface area contributed by atoms with Crippen LogP contribution in [0.25, 0.3) is 0 Å². The Labute approximate surface area is 169 Å². The maximum atomic E-state index is 11.8. The summed E-state index contributed by atoms with van der Waals surface area (Å²) in [6, 6.07) is 3.54. The lowest BCUT2D eigenvalue weighted by atomic mass is 10.1. The Bertz CT molecular complexity index is 546. The molecule has 0 saturated heterocycles. The van der Waals surface area contributed by atoms with Gasteiger partial charge in [-0.05, 0) is 39.8 Å². The Morgan fingerprint density at radius 2 is 2.04 bits per heavy atom. The van der Waals surface area contributed by atoms with Crippen LogP contribution in [0.3, 0.4) is 0 Å². The third kappa shape index (κ3) is 9.65. The highest BCUT2D eigenvalue weighted by Gasteiger charge is 2.14. The number of nitrogens with zero attached hydrogens (tertiary/aromatic N) is 1. The van der Waals surface area contributed by atoms with Crippen molar-refractivity contribution in [3.8, 4) is 0 Å². The third-order valence-electron chi connectivity index (χ3n) is 2.62. The van der Waals surface area contributed by atoms with Gasteiger partial charge in [-0.1, -0.05) is 11.6 Å². The summed E-state index contributed by atoms with van der Waals surface area (Å²) in [6.45, 7) is 8.65. The molecule has 4 N–H and O–H groups in total. The Balaban J connectivity index is 0.00000529. The molecule has 0 aromatic carbocycles. The van der Waals surface area contributed by atoms with Gasteiger partial charge in [0.25, 0.3) is 0 Å². The standard InChI is InChI=1S/C15H25ClN4O2S.HI/c1-5-17-14(19-9-13(22)20-15(2,3)4)18-8-10(21)11-6-7-12(16)23-11;/h6-7,10,21H,5,8-9H2,1-4H3,(H,20,22)(H2,17,18,19);1H. The van der Waals surface area contributed by atoms with Crippen molar-refractivity contribution in [3.63, 3.8) is 0 Å². The monoisotopic (exact) mass is 488 g/mol. The van der Waals surface area contributed by atoms with Crippen LogP contribution >= 0.6 is 46.9 Å². The number of hydrogen-bond acceptors (Lipinski definition) is 4. The number of aliphatic hydroxyl groups is 1. The van der Waals surface area contributed by atoms with Crippen molar-refractivity contribution in [2.24, 2.45) is 4.99 Å². The number of nitrogens with one attached hydrogen (secondary N) is 3. The van der Waals surface area contributed by atoms with Crippen molar-refractivity contribution >= 4 is 58.8 Å². The molecular weight excluding hydrogens is 463 g/mol. The van der Waals surface area contributed by atoms with Gasteiger partial charge in [0.1, 0.15) is 12.6 Å². The Morgan fingerprint density at radius 1 is 1.38 bits per heavy atom. The lowest BCUT2D eigenvalue weighted by molar-refractivity contribution is -0.121. The first-order chi connectivity index (χ1) is 10.7. The van der Waals surface area contributed by atoms with Crippen molar-refractivity contribution in [1.82, 2.24) is 16.0 Å². The zero-order chi connectivity index (χ0) is 17.5. The van der Waals surface area contributed by atoms with Gasteiger partial charge in [0.2, 0.25) is 5.91 Å². The van der Waals surface area contributed by atoms with E-state index in [9.17, 15) is 9.90 Å². The van der Waals surface area contributed by atoms with E-state index in [1.54, 1.807) is 12.1 Å². The minimum atomic E-state index is -0.681. The molecule has 6 nitrogen and oxygen atoms in total. The van der Waals surface area contributed by atoms with Crippen LogP contribution in [0.1, 0.15) is 38.7 Å². The van der Waals surface area contributed by atoms with Gasteiger partial charge in [0, 0.05) is 23.5 Å². The van der Waals surface area contributed by atoms with Gasteiger partial charge in [0.15, 0.2) is 5.96 Å². The summed E-state index contributed by atoms with van der Waals surface area (Å²) in [5.41, 5.74) is -0.285. The number of rotatable bonds is 6. The van der Waals surface area contributed by atoms with E-state index in [1.165, 1.54) is 11.3 Å². The average Bonchev–Trinajstić information content (AvgIpc) is 2.86. The lowest BCUT2D eigenvalue weighted by Crippen LogP contribution is -2.43. The molecule has 0 aliphatic rings. The van der Waals surface area contributed by atoms with Gasteiger partial charge in [-0.25, -0.2) is 4.99 Å². The fourth-order valence-corrected chi connectivity index (χ4v) is 2.80. The highest BCUT2D eigenvalue weighted by Crippen LogP contribution is 2.26. The second-order valence-corrected chi connectivity index (χ2v) is 7.78. The number of hydrogen-bond donors (Lipinski definition) is 4. The number of carbonyl (C=O) groups is 1. The van der Waals surface area contributed by atoms with E-state index in [1.807, 2.05) is 27.7 Å². The van der Waals surface area contributed by atoms with Crippen LogP contribution in [-0.4, -0.2) is 42.1 Å². The number of carbonyl (C=O) groups excluding carboxylic acids is 1. The topological polar surface area (TPSA) is 85.8 Å². The maximum Gasteiger partial charge on any atom is 0.242 e. The molecule has 0 aliphatic carbocycles. The van der Waals surface area contributed by atoms with Gasteiger partial charge in [-0.3, -0.25) is 4.79 Å². The molecule has 24 heavy (non-hydrogen) atoms. The molecule has 1 aromatic heterocycles. The molecule has 0 radical (unpaired) electrons. The summed E-state index contributed by atoms with van der Waals surface area (Å²) in [6.07, 6.45) is -0.681. The molecule has 1 rings (SSSR count). The minimum absolute atomic E-state index is 0. The highest BCUT2D eigenvalue weighted by atomic mass is 127. The highest BCUT2D eigenvalue weighted by molar-refractivity contribution is 14.0. The number of amides is 1. The lowest BCUT2D eigenvalue weighted by Gasteiger charge is -2.20. The average molecular weight is 489 g/mol. The number of aliphatic imine (C=N–C) groups is 1. The largest absolute Gasteiger partial charge is 0.386 e. The van der Waals surface area contributed by atoms with E-state index in [4.69, 9.17) is 11.6 Å². The van der Waals surface area contributed by atoms with Gasteiger partial charge >= 0.3 is 0 Å². The fourth-order valence-electron chi connectivity index (χ4n) is 1.75. The molecule has 0 saturated carbocycles. The summed E-state index contributed by atoms with van der Waals surface area (Å²) in [4.78, 5) is 16.8. The fraction of sp³-hybridized carbons (Fsp3) is 0.600. The molecular formula is C15H26ClIN4O2S. The molecule has 0 spiro atoms. The second kappa shape index (κ2) is 11.1. The Kier molecular flexibility index (Phi) is 10.8. The molecule has 9 heteroatoms. The van der Waals surface area contributed by atoms with Crippen molar-refractivity contribution in [3.05, 3.63) is 21.3 Å². The molecule has 0 bridgehead atoms. The van der Waals surface area contributed by atoms with Crippen LogP contribution in [0.4, 0.5) is 0 Å². The molecule has 1 unspecified atom stereocenters. The molecule has 138 valence electrons. The van der Waals surface area contributed by atoms with E-state index in [-0.39, 0.29) is 48.5 Å². The van der Waals surface area contributed by atoms with Crippen LogP contribution < -0.4 is 16.0 Å². The maximum absolute atomic E-state index is 11.8. The predicted octanol–water partition coefficient (Wildman–Crippen LogP) is 2.52. The minimum Gasteiger partial charge on any atom is -0.386 e. The van der Waals surface area contributed by atoms with Crippen molar-refractivity contribution in [1.29, 1.82) is 0 Å². The summed E-state index contributed by atoms with van der Waals surface area (Å²) in [7, 11) is 0. The first-order valence-corrected chi connectivity index (χ1v) is 8.67. The summed E-state index contributed by atoms with van der Waals surface area (Å²) < 4.78 is 0.637. The molecule has 1 amide bonds. The number of thiophene rings is 1. The smallest absolute Gasteiger partial charge is 0.242 e. The number of guanidine groups is 1. The zero-order valence-corrected chi connectivity index (χ0v) is 18.3. The molecule has 0 fully saturated rings. The van der Waals surface area contributed by atoms with E-state index in [0.717, 1.165) is 4.88 Å². The summed E-state index contributed by atoms with van der Waals surface area (Å²) in [5, 5.41) is 19.0.